The number of H-pyrrole nitrogens is 1. The Morgan fingerprint density at radius 1 is 0.870 bits per heavy atom. The second-order valence-electron chi connectivity index (χ2n) is 11.1. The monoisotopic (exact) mass is 625 g/mol. The number of amides is 1. The van der Waals surface area contributed by atoms with Crippen molar-refractivity contribution in [3.63, 3.8) is 0 Å². The predicted molar refractivity (Wildman–Crippen MR) is 161 cm³/mol. The van der Waals surface area contributed by atoms with Crippen LogP contribution in [-0.4, -0.2) is 42.2 Å². The third kappa shape index (κ3) is 5.67. The van der Waals surface area contributed by atoms with Gasteiger partial charge in [-0.1, -0.05) is 12.1 Å². The fourth-order valence-corrected chi connectivity index (χ4v) is 5.84. The number of hydrogen-bond donors (Lipinski definition) is 2. The summed E-state index contributed by atoms with van der Waals surface area (Å²) in [5.41, 5.74) is 4.31. The average molecular weight is 626 g/mol. The number of carbonyl (C=O) groups is 1. The molecule has 1 amide bonds. The van der Waals surface area contributed by atoms with Crippen LogP contribution in [0.1, 0.15) is 45.8 Å². The molecule has 232 valence electrons. The first kappa shape index (κ1) is 29.1. The minimum atomic E-state index is -0.770. The summed E-state index contributed by atoms with van der Waals surface area (Å²) in [7, 11) is 0. The van der Waals surface area contributed by atoms with Gasteiger partial charge in [0.2, 0.25) is 0 Å². The lowest BCUT2D eigenvalue weighted by atomic mass is 9.88. The summed E-state index contributed by atoms with van der Waals surface area (Å²) in [6.45, 7) is 0.511. The number of hydrogen-bond acceptors (Lipinski definition) is 7. The maximum absolute atomic E-state index is 14.4. The Kier molecular flexibility index (Phi) is 7.64. The zero-order valence-corrected chi connectivity index (χ0v) is 24.3. The van der Waals surface area contributed by atoms with Gasteiger partial charge in [0.1, 0.15) is 23.1 Å². The van der Waals surface area contributed by atoms with E-state index in [9.17, 15) is 22.8 Å². The lowest BCUT2D eigenvalue weighted by Crippen LogP contribution is -2.29. The zero-order valence-electron chi connectivity index (χ0n) is 24.3. The Morgan fingerprint density at radius 3 is 2.50 bits per heavy atom. The number of benzene rings is 1. The van der Waals surface area contributed by atoms with E-state index in [2.05, 4.69) is 25.5 Å². The van der Waals surface area contributed by atoms with Gasteiger partial charge in [0.05, 0.1) is 41.0 Å². The number of nitrogens with zero attached hydrogens (tertiary/aromatic N) is 5. The Balaban J connectivity index is 1.40. The number of pyridine rings is 3. The molecule has 0 saturated heterocycles. The van der Waals surface area contributed by atoms with Crippen molar-refractivity contribution < 1.29 is 22.4 Å². The highest BCUT2D eigenvalue weighted by Gasteiger charge is 2.29. The summed E-state index contributed by atoms with van der Waals surface area (Å²) in [5.74, 6) is -3.00. The number of nitrogens with one attached hydrogen (secondary N) is 2. The summed E-state index contributed by atoms with van der Waals surface area (Å²) in [4.78, 5) is 39.4. The Labute approximate surface area is 259 Å². The fraction of sp³-hybridized carbons (Fsp3) is 0.212. The smallest absolute Gasteiger partial charge is 0.388 e. The van der Waals surface area contributed by atoms with E-state index in [1.165, 1.54) is 12.1 Å². The first-order valence-corrected chi connectivity index (χ1v) is 14.7. The molecule has 1 aliphatic heterocycles. The zero-order chi connectivity index (χ0) is 31.8. The number of fused-ring (bicyclic) bond motifs is 2. The van der Waals surface area contributed by atoms with Crippen molar-refractivity contribution in [2.24, 2.45) is 0 Å². The number of aryl methyl sites for hydroxylation is 3. The van der Waals surface area contributed by atoms with Gasteiger partial charge in [-0.25, -0.2) is 28.0 Å². The van der Waals surface area contributed by atoms with Crippen LogP contribution in [-0.2, 0) is 25.8 Å². The molecule has 0 aliphatic carbocycles. The molecule has 0 fully saturated rings. The van der Waals surface area contributed by atoms with Crippen LogP contribution in [0.4, 0.5) is 13.2 Å². The van der Waals surface area contributed by atoms with E-state index in [0.29, 0.717) is 70.5 Å². The maximum atomic E-state index is 14.4. The van der Waals surface area contributed by atoms with Crippen molar-refractivity contribution in [2.75, 3.05) is 6.54 Å². The Morgan fingerprint density at radius 2 is 1.72 bits per heavy atom. The van der Waals surface area contributed by atoms with E-state index in [1.807, 2.05) is 6.07 Å². The molecule has 7 rings (SSSR count). The first-order valence-electron chi connectivity index (χ1n) is 14.7. The molecule has 46 heavy (non-hydrogen) atoms. The number of carbonyl (C=O) groups excluding carboxylic acids is 1. The van der Waals surface area contributed by atoms with Gasteiger partial charge in [-0.05, 0) is 61.9 Å². The third-order valence-electron chi connectivity index (χ3n) is 8.01. The summed E-state index contributed by atoms with van der Waals surface area (Å²) in [6, 6.07) is 10.6. The quantitative estimate of drug-likeness (QED) is 0.251. The van der Waals surface area contributed by atoms with E-state index >= 15 is 0 Å². The van der Waals surface area contributed by atoms with Crippen LogP contribution >= 0.6 is 0 Å². The molecular formula is C33H26F3N7O3. The van der Waals surface area contributed by atoms with Crippen LogP contribution in [0.3, 0.4) is 0 Å². The van der Waals surface area contributed by atoms with Crippen LogP contribution in [0, 0.1) is 17.5 Å². The molecule has 0 radical (unpaired) electrons. The van der Waals surface area contributed by atoms with Crippen molar-refractivity contribution in [1.29, 1.82) is 0 Å². The van der Waals surface area contributed by atoms with Gasteiger partial charge in [-0.15, -0.1) is 5.10 Å². The van der Waals surface area contributed by atoms with Gasteiger partial charge in [0.15, 0.2) is 0 Å². The highest BCUT2D eigenvalue weighted by atomic mass is 19.1. The van der Waals surface area contributed by atoms with Crippen LogP contribution in [0.5, 0.6) is 0 Å². The van der Waals surface area contributed by atoms with Crippen molar-refractivity contribution in [3.05, 3.63) is 117 Å². The van der Waals surface area contributed by atoms with Gasteiger partial charge in [-0.3, -0.25) is 14.8 Å². The van der Waals surface area contributed by atoms with E-state index in [-0.39, 0.29) is 29.9 Å². The highest BCUT2D eigenvalue weighted by molar-refractivity contribution is 6.06. The molecule has 0 atom stereocenters. The predicted octanol–water partition coefficient (Wildman–Crippen LogP) is 5.15. The molecule has 1 aliphatic rings. The summed E-state index contributed by atoms with van der Waals surface area (Å²) < 4.78 is 48.5. The average Bonchev–Trinajstić information content (AvgIpc) is 3.65. The number of halogens is 3. The van der Waals surface area contributed by atoms with Gasteiger partial charge < -0.3 is 14.3 Å². The molecule has 0 bridgehead atoms. The van der Waals surface area contributed by atoms with Gasteiger partial charge in [0.25, 0.3) is 11.8 Å². The molecule has 0 unspecified atom stereocenters. The Bertz CT molecular complexity index is 2150. The Hall–Kier alpha value is -5.59. The molecule has 10 nitrogen and oxygen atoms in total. The minimum Gasteiger partial charge on any atom is -0.388 e. The summed E-state index contributed by atoms with van der Waals surface area (Å²) in [6.07, 6.45) is 7.27. The SMILES string of the molecule is O=C1NCCCCc2nc(CCc3ccc(F)cc3)c(-c3n[nH]c(=O)o3)c(-c3cnc4c(ccn4Cc4ncc(F)cc4F)c3)c21. The van der Waals surface area contributed by atoms with Crippen molar-refractivity contribution in [1.82, 2.24) is 35.0 Å². The lowest BCUT2D eigenvalue weighted by Gasteiger charge is -2.22. The van der Waals surface area contributed by atoms with Crippen molar-refractivity contribution in [2.45, 2.75) is 38.6 Å². The third-order valence-corrected chi connectivity index (χ3v) is 8.01. The molecular weight excluding hydrogens is 599 g/mol. The molecule has 0 saturated carbocycles. The van der Waals surface area contributed by atoms with Crippen LogP contribution in [0.25, 0.3) is 33.6 Å². The number of rotatable bonds is 7. The minimum absolute atomic E-state index is 0.0201. The molecule has 6 aromatic rings. The molecule has 13 heteroatoms. The van der Waals surface area contributed by atoms with Crippen molar-refractivity contribution in [3.8, 4) is 22.6 Å². The van der Waals surface area contributed by atoms with Crippen LogP contribution < -0.4 is 11.1 Å². The molecule has 0 spiro atoms. The normalized spacial score (nSPS) is 13.3. The van der Waals surface area contributed by atoms with Gasteiger partial charge in [-0.2, -0.15) is 0 Å². The molecule has 1 aromatic carbocycles. The largest absolute Gasteiger partial charge is 0.434 e. The highest BCUT2D eigenvalue weighted by Crippen LogP contribution is 2.39. The van der Waals surface area contributed by atoms with Crippen molar-refractivity contribution >= 4 is 16.9 Å². The van der Waals surface area contributed by atoms with Gasteiger partial charge >= 0.3 is 5.76 Å². The second kappa shape index (κ2) is 12.1. The summed E-state index contributed by atoms with van der Waals surface area (Å²) >= 11 is 0. The second-order valence-corrected chi connectivity index (χ2v) is 11.1. The number of aromatic amines is 1. The standard InChI is InChI=1S/C33H26F3N7O3/c34-21-7-4-18(5-8-21)6-9-25-29(32-41-42-33(45)46-32)27(28-24(40-25)3-1-2-11-37-31(28)44)20-13-19-10-12-43(30(19)39-15-20)17-26-23(36)14-22(35)16-38-26/h4-5,7-8,10,12-16H,1-3,6,9,11,17H2,(H,37,44)(H,42,45). The van der Waals surface area contributed by atoms with Crippen LogP contribution in [0.2, 0.25) is 0 Å². The van der Waals surface area contributed by atoms with Gasteiger partial charge in [0, 0.05) is 41.5 Å². The topological polar surface area (TPSA) is 132 Å². The lowest BCUT2D eigenvalue weighted by molar-refractivity contribution is 0.0950. The summed E-state index contributed by atoms with van der Waals surface area (Å²) in [5, 5.41) is 10.1. The van der Waals surface area contributed by atoms with Crippen LogP contribution in [0.15, 0.2) is 70.3 Å². The van der Waals surface area contributed by atoms with E-state index in [4.69, 9.17) is 9.40 Å². The number of aromatic nitrogens is 6. The molecule has 5 aromatic heterocycles. The fourth-order valence-electron chi connectivity index (χ4n) is 5.84. The molecule has 6 heterocycles. The van der Waals surface area contributed by atoms with E-state index in [0.717, 1.165) is 30.7 Å². The van der Waals surface area contributed by atoms with E-state index in [1.54, 1.807) is 35.2 Å². The first-order chi connectivity index (χ1) is 22.3. The maximum Gasteiger partial charge on any atom is 0.434 e. The van der Waals surface area contributed by atoms with E-state index < -0.39 is 17.4 Å². The molecule has 2 N–H and O–H groups in total.